The Morgan fingerprint density at radius 2 is 1.76 bits per heavy atom. The fourth-order valence-electron chi connectivity index (χ4n) is 3.12. The molecule has 0 aliphatic carbocycles. The molecular formula is C21H23Cl2N3O3. The predicted octanol–water partition coefficient (Wildman–Crippen LogP) is 3.54. The summed E-state index contributed by atoms with van der Waals surface area (Å²) in [7, 11) is 0. The van der Waals surface area contributed by atoms with Crippen LogP contribution in [-0.4, -0.2) is 60.4 Å². The predicted molar refractivity (Wildman–Crippen MR) is 115 cm³/mol. The molecule has 1 unspecified atom stereocenters. The van der Waals surface area contributed by atoms with Gasteiger partial charge in [0.25, 0.3) is 5.91 Å². The summed E-state index contributed by atoms with van der Waals surface area (Å²) in [5, 5.41) is 3.75. The number of anilines is 1. The largest absolute Gasteiger partial charge is 0.479 e. The molecule has 0 bridgehead atoms. The molecule has 0 spiro atoms. The zero-order valence-electron chi connectivity index (χ0n) is 16.1. The first-order chi connectivity index (χ1) is 13.9. The second-order valence-corrected chi connectivity index (χ2v) is 7.69. The second-order valence-electron chi connectivity index (χ2n) is 6.85. The number of benzene rings is 2. The molecule has 8 heteroatoms. The number of carbonyl (C=O) groups excluding carboxylic acids is 2. The van der Waals surface area contributed by atoms with Crippen molar-refractivity contribution in [2.24, 2.45) is 0 Å². The minimum atomic E-state index is -0.665. The average Bonchev–Trinajstić information content (AvgIpc) is 2.70. The lowest BCUT2D eigenvalue weighted by Gasteiger charge is -2.35. The van der Waals surface area contributed by atoms with Gasteiger partial charge in [0.1, 0.15) is 5.75 Å². The van der Waals surface area contributed by atoms with Crippen molar-refractivity contribution in [3.63, 3.8) is 0 Å². The number of amides is 2. The fraction of sp³-hybridized carbons (Fsp3) is 0.333. The van der Waals surface area contributed by atoms with Crippen LogP contribution in [0.25, 0.3) is 0 Å². The number of piperazine rings is 1. The number of rotatable bonds is 6. The number of para-hydroxylation sites is 1. The lowest BCUT2D eigenvalue weighted by Crippen LogP contribution is -2.53. The number of hydrogen-bond acceptors (Lipinski definition) is 4. The quantitative estimate of drug-likeness (QED) is 0.753. The Kier molecular flexibility index (Phi) is 7.36. The molecule has 0 saturated carbocycles. The Balaban J connectivity index is 1.45. The van der Waals surface area contributed by atoms with Crippen LogP contribution >= 0.6 is 23.2 Å². The van der Waals surface area contributed by atoms with Crippen LogP contribution in [0.2, 0.25) is 10.0 Å². The standard InChI is InChI=1S/C21H23Cl2N3O3/c1-15(29-19-8-7-16(22)13-18(19)23)21(28)26-11-9-25(10-12-26)14-20(27)24-17-5-3-2-4-6-17/h2-8,13,15H,9-12,14H2,1H3,(H,24,27). The molecule has 2 aromatic rings. The van der Waals surface area contributed by atoms with E-state index in [2.05, 4.69) is 5.32 Å². The van der Waals surface area contributed by atoms with E-state index in [0.717, 1.165) is 5.69 Å². The van der Waals surface area contributed by atoms with Gasteiger partial charge >= 0.3 is 0 Å². The third-order valence-corrected chi connectivity index (χ3v) is 5.18. The van der Waals surface area contributed by atoms with E-state index < -0.39 is 6.10 Å². The third-order valence-electron chi connectivity index (χ3n) is 4.65. The Hall–Kier alpha value is -2.28. The van der Waals surface area contributed by atoms with E-state index in [-0.39, 0.29) is 11.8 Å². The summed E-state index contributed by atoms with van der Waals surface area (Å²) in [6, 6.07) is 14.2. The van der Waals surface area contributed by atoms with Gasteiger partial charge in [-0.3, -0.25) is 14.5 Å². The molecule has 1 aliphatic rings. The number of halogens is 2. The summed E-state index contributed by atoms with van der Waals surface area (Å²) < 4.78 is 5.71. The van der Waals surface area contributed by atoms with E-state index in [9.17, 15) is 9.59 Å². The highest BCUT2D eigenvalue weighted by Crippen LogP contribution is 2.28. The van der Waals surface area contributed by atoms with Gasteiger partial charge in [-0.15, -0.1) is 0 Å². The van der Waals surface area contributed by atoms with Gasteiger partial charge in [0.05, 0.1) is 11.6 Å². The van der Waals surface area contributed by atoms with E-state index in [1.807, 2.05) is 35.2 Å². The van der Waals surface area contributed by atoms with E-state index in [0.29, 0.717) is 48.5 Å². The van der Waals surface area contributed by atoms with Crippen LogP contribution in [0.15, 0.2) is 48.5 Å². The first kappa shape index (κ1) is 21.4. The Morgan fingerprint density at radius 3 is 2.41 bits per heavy atom. The summed E-state index contributed by atoms with van der Waals surface area (Å²) in [5.41, 5.74) is 0.776. The van der Waals surface area contributed by atoms with Gasteiger partial charge in [0.15, 0.2) is 6.10 Å². The van der Waals surface area contributed by atoms with Gasteiger partial charge in [0.2, 0.25) is 5.91 Å². The summed E-state index contributed by atoms with van der Waals surface area (Å²) in [6.07, 6.45) is -0.665. The van der Waals surface area contributed by atoms with Crippen molar-refractivity contribution in [3.05, 3.63) is 58.6 Å². The molecule has 1 N–H and O–H groups in total. The topological polar surface area (TPSA) is 61.9 Å². The van der Waals surface area contributed by atoms with Gasteiger partial charge in [-0.05, 0) is 37.3 Å². The van der Waals surface area contributed by atoms with Crippen molar-refractivity contribution in [3.8, 4) is 5.75 Å². The molecule has 2 aromatic carbocycles. The van der Waals surface area contributed by atoms with Crippen LogP contribution in [0, 0.1) is 0 Å². The fourth-order valence-corrected chi connectivity index (χ4v) is 3.57. The zero-order valence-corrected chi connectivity index (χ0v) is 17.6. The highest BCUT2D eigenvalue weighted by atomic mass is 35.5. The normalized spacial score (nSPS) is 15.6. The molecule has 0 aromatic heterocycles. The molecule has 6 nitrogen and oxygen atoms in total. The van der Waals surface area contributed by atoms with E-state index in [1.54, 1.807) is 30.0 Å². The van der Waals surface area contributed by atoms with Gasteiger partial charge in [0, 0.05) is 36.9 Å². The molecule has 1 atom stereocenters. The van der Waals surface area contributed by atoms with E-state index >= 15 is 0 Å². The van der Waals surface area contributed by atoms with Crippen molar-refractivity contribution in [2.75, 3.05) is 38.0 Å². The van der Waals surface area contributed by atoms with E-state index in [1.165, 1.54) is 0 Å². The molecule has 1 fully saturated rings. The lowest BCUT2D eigenvalue weighted by atomic mass is 10.2. The summed E-state index contributed by atoms with van der Waals surface area (Å²) in [4.78, 5) is 28.7. The molecule has 154 valence electrons. The van der Waals surface area contributed by atoms with Crippen LogP contribution in [0.4, 0.5) is 5.69 Å². The number of nitrogens with zero attached hydrogens (tertiary/aromatic N) is 2. The van der Waals surface area contributed by atoms with Crippen molar-refractivity contribution in [2.45, 2.75) is 13.0 Å². The number of ether oxygens (including phenoxy) is 1. The molecule has 2 amide bonds. The monoisotopic (exact) mass is 435 g/mol. The van der Waals surface area contributed by atoms with Crippen LogP contribution in [-0.2, 0) is 9.59 Å². The van der Waals surface area contributed by atoms with Crippen LogP contribution in [0.1, 0.15) is 6.92 Å². The summed E-state index contributed by atoms with van der Waals surface area (Å²) in [5.74, 6) is 0.252. The van der Waals surface area contributed by atoms with Gasteiger partial charge in [-0.1, -0.05) is 41.4 Å². The Bertz CT molecular complexity index is 856. The van der Waals surface area contributed by atoms with Crippen molar-refractivity contribution in [1.82, 2.24) is 9.80 Å². The summed E-state index contributed by atoms with van der Waals surface area (Å²) >= 11 is 12.0. The first-order valence-corrected chi connectivity index (χ1v) is 10.2. The molecule has 0 radical (unpaired) electrons. The Morgan fingerprint density at radius 1 is 1.07 bits per heavy atom. The first-order valence-electron chi connectivity index (χ1n) is 9.40. The zero-order chi connectivity index (χ0) is 20.8. The SMILES string of the molecule is CC(Oc1ccc(Cl)cc1Cl)C(=O)N1CCN(CC(=O)Nc2ccccc2)CC1. The molecule has 1 aliphatic heterocycles. The van der Waals surface area contributed by atoms with Gasteiger partial charge < -0.3 is 15.0 Å². The van der Waals surface area contributed by atoms with Crippen molar-refractivity contribution in [1.29, 1.82) is 0 Å². The molecular weight excluding hydrogens is 413 g/mol. The number of carbonyl (C=O) groups is 2. The maximum Gasteiger partial charge on any atom is 0.263 e. The van der Waals surface area contributed by atoms with Crippen molar-refractivity contribution >= 4 is 40.7 Å². The molecule has 29 heavy (non-hydrogen) atoms. The van der Waals surface area contributed by atoms with Gasteiger partial charge in [-0.25, -0.2) is 0 Å². The average molecular weight is 436 g/mol. The maximum atomic E-state index is 12.7. The summed E-state index contributed by atoms with van der Waals surface area (Å²) in [6.45, 7) is 4.33. The van der Waals surface area contributed by atoms with Crippen LogP contribution in [0.5, 0.6) is 5.75 Å². The lowest BCUT2D eigenvalue weighted by molar-refractivity contribution is -0.139. The molecule has 1 saturated heterocycles. The number of nitrogens with one attached hydrogen (secondary N) is 1. The highest BCUT2D eigenvalue weighted by molar-refractivity contribution is 6.35. The number of hydrogen-bond donors (Lipinski definition) is 1. The minimum absolute atomic E-state index is 0.0648. The van der Waals surface area contributed by atoms with Crippen LogP contribution in [0.3, 0.4) is 0 Å². The Labute approximate surface area is 180 Å². The van der Waals surface area contributed by atoms with Crippen LogP contribution < -0.4 is 10.1 Å². The van der Waals surface area contributed by atoms with Gasteiger partial charge in [-0.2, -0.15) is 0 Å². The van der Waals surface area contributed by atoms with Crippen molar-refractivity contribution < 1.29 is 14.3 Å². The molecule has 3 rings (SSSR count). The third kappa shape index (κ3) is 6.10. The molecule has 1 heterocycles. The smallest absolute Gasteiger partial charge is 0.263 e. The van der Waals surface area contributed by atoms with E-state index in [4.69, 9.17) is 27.9 Å². The minimum Gasteiger partial charge on any atom is -0.479 e. The highest BCUT2D eigenvalue weighted by Gasteiger charge is 2.27. The maximum absolute atomic E-state index is 12.7. The second kappa shape index (κ2) is 9.96.